The topological polar surface area (TPSA) is 87.1 Å². The first-order valence-corrected chi connectivity index (χ1v) is 8.90. The summed E-state index contributed by atoms with van der Waals surface area (Å²) in [5, 5.41) is 0. The molecule has 0 atom stereocenters. The summed E-state index contributed by atoms with van der Waals surface area (Å²) in [4.78, 5) is 39.1. The van der Waals surface area contributed by atoms with E-state index >= 15 is 0 Å². The molecule has 4 rings (SSSR count). The number of halogens is 1. The number of imidazole rings is 1. The van der Waals surface area contributed by atoms with Crippen LogP contribution in [0.2, 0.25) is 0 Å². The van der Waals surface area contributed by atoms with E-state index in [1.165, 1.54) is 0 Å². The van der Waals surface area contributed by atoms with E-state index in [1.807, 2.05) is 11.0 Å². The Bertz CT molecular complexity index is 1050. The van der Waals surface area contributed by atoms with Crippen LogP contribution in [0.15, 0.2) is 47.7 Å². The number of aromatic amines is 1. The van der Waals surface area contributed by atoms with Gasteiger partial charge in [-0.25, -0.2) is 9.97 Å². The van der Waals surface area contributed by atoms with Crippen molar-refractivity contribution in [1.82, 2.24) is 24.4 Å². The van der Waals surface area contributed by atoms with E-state index in [0.717, 1.165) is 0 Å². The molecule has 1 saturated heterocycles. The number of carbonyl (C=O) groups is 1. The molecular weight excluding hydrogens is 363 g/mol. The average Bonchev–Trinajstić information content (AvgIpc) is 3.16. The molecule has 0 bridgehead atoms. The number of aryl methyl sites for hydroxylation is 1. The van der Waals surface area contributed by atoms with Gasteiger partial charge in [0.2, 0.25) is 11.8 Å². The summed E-state index contributed by atoms with van der Waals surface area (Å²) >= 11 is 0. The number of nitrogens with one attached hydrogen (secondary N) is 1. The lowest BCUT2D eigenvalue weighted by atomic mass is 10.1. The molecule has 0 saturated carbocycles. The van der Waals surface area contributed by atoms with E-state index in [0.29, 0.717) is 43.4 Å². The van der Waals surface area contributed by atoms with Gasteiger partial charge in [0.1, 0.15) is 11.4 Å². The van der Waals surface area contributed by atoms with Gasteiger partial charge in [-0.15, -0.1) is 0 Å². The van der Waals surface area contributed by atoms with Crippen LogP contribution in [-0.2, 0) is 7.05 Å². The molecule has 2 aromatic heterocycles. The van der Waals surface area contributed by atoms with Crippen LogP contribution in [0, 0.1) is 5.82 Å². The Labute approximate surface area is 160 Å². The lowest BCUT2D eigenvalue weighted by Crippen LogP contribution is -2.50. The van der Waals surface area contributed by atoms with Gasteiger partial charge < -0.3 is 14.4 Å². The Balaban J connectivity index is 1.54. The maximum atomic E-state index is 14.3. The number of carbonyl (C=O) groups excluding carboxylic acids is 1. The Morgan fingerprint density at radius 3 is 2.50 bits per heavy atom. The van der Waals surface area contributed by atoms with Crippen molar-refractivity contribution in [2.45, 2.75) is 0 Å². The Morgan fingerprint density at radius 1 is 1.14 bits per heavy atom. The first-order chi connectivity index (χ1) is 13.5. The highest BCUT2D eigenvalue weighted by Gasteiger charge is 2.26. The van der Waals surface area contributed by atoms with Crippen LogP contribution in [0.1, 0.15) is 10.5 Å². The number of rotatable bonds is 3. The lowest BCUT2D eigenvalue weighted by Gasteiger charge is -2.35. The fourth-order valence-electron chi connectivity index (χ4n) is 3.23. The van der Waals surface area contributed by atoms with Crippen molar-refractivity contribution >= 4 is 11.9 Å². The van der Waals surface area contributed by atoms with E-state index in [4.69, 9.17) is 0 Å². The molecular formula is C19H19FN6O2. The van der Waals surface area contributed by atoms with Crippen LogP contribution in [-0.4, -0.2) is 56.5 Å². The van der Waals surface area contributed by atoms with Gasteiger partial charge in [-0.2, -0.15) is 4.39 Å². The number of aromatic nitrogens is 4. The van der Waals surface area contributed by atoms with Crippen LogP contribution >= 0.6 is 0 Å². The van der Waals surface area contributed by atoms with E-state index in [9.17, 15) is 14.0 Å². The highest BCUT2D eigenvalue weighted by molar-refractivity contribution is 5.92. The summed E-state index contributed by atoms with van der Waals surface area (Å²) in [5.41, 5.74) is 0.274. The van der Waals surface area contributed by atoms with Gasteiger partial charge in [0.15, 0.2) is 0 Å². The number of nitrogens with zero attached hydrogens (tertiary/aromatic N) is 5. The second kappa shape index (κ2) is 7.26. The van der Waals surface area contributed by atoms with Crippen LogP contribution in [0.25, 0.3) is 11.3 Å². The molecule has 28 heavy (non-hydrogen) atoms. The van der Waals surface area contributed by atoms with E-state index < -0.39 is 11.4 Å². The van der Waals surface area contributed by atoms with E-state index in [2.05, 4.69) is 15.0 Å². The molecule has 1 aliphatic heterocycles. The summed E-state index contributed by atoms with van der Waals surface area (Å²) in [7, 11) is 1.77. The van der Waals surface area contributed by atoms with E-state index in [-0.39, 0.29) is 11.6 Å². The summed E-state index contributed by atoms with van der Waals surface area (Å²) in [5.74, 6) is -0.692. The SMILES string of the molecule is Cn1cncc1C(=O)N1CCN(c2nc(-c3ccccc3)c(F)c(=O)[nH]2)CC1. The quantitative estimate of drug-likeness (QED) is 0.737. The molecule has 9 heteroatoms. The molecule has 144 valence electrons. The normalized spacial score (nSPS) is 14.4. The van der Waals surface area contributed by atoms with Crippen molar-refractivity contribution < 1.29 is 9.18 Å². The predicted molar refractivity (Wildman–Crippen MR) is 102 cm³/mol. The van der Waals surface area contributed by atoms with Gasteiger partial charge in [0, 0.05) is 38.8 Å². The lowest BCUT2D eigenvalue weighted by molar-refractivity contribution is 0.0736. The third kappa shape index (κ3) is 3.26. The largest absolute Gasteiger partial charge is 0.339 e. The third-order valence-corrected chi connectivity index (χ3v) is 4.80. The average molecular weight is 382 g/mol. The standard InChI is InChI=1S/C19H19FN6O2/c1-24-12-21-11-14(24)18(28)25-7-9-26(10-8-25)19-22-16(15(20)17(27)23-19)13-5-3-2-4-6-13/h2-6,11-12H,7-10H2,1H3,(H,22,23,27). The van der Waals surface area contributed by atoms with Crippen molar-refractivity contribution in [1.29, 1.82) is 0 Å². The van der Waals surface area contributed by atoms with E-state index in [1.54, 1.807) is 53.3 Å². The zero-order valence-electron chi connectivity index (χ0n) is 15.3. The predicted octanol–water partition coefficient (Wildman–Crippen LogP) is 1.27. The molecule has 3 aromatic rings. The molecule has 1 amide bonds. The van der Waals surface area contributed by atoms with Crippen molar-refractivity contribution in [3.63, 3.8) is 0 Å². The smallest absolute Gasteiger partial charge is 0.289 e. The minimum absolute atomic E-state index is 0.0211. The molecule has 3 heterocycles. The summed E-state index contributed by atoms with van der Waals surface area (Å²) in [6, 6.07) is 8.76. The van der Waals surface area contributed by atoms with Gasteiger partial charge in [0.05, 0.1) is 12.5 Å². The summed E-state index contributed by atoms with van der Waals surface area (Å²) in [6.07, 6.45) is 3.13. The number of amides is 1. The third-order valence-electron chi connectivity index (χ3n) is 4.80. The molecule has 1 aromatic carbocycles. The molecule has 0 aliphatic carbocycles. The van der Waals surface area contributed by atoms with Crippen LogP contribution < -0.4 is 10.5 Å². The number of anilines is 1. The minimum Gasteiger partial charge on any atom is -0.339 e. The number of piperazine rings is 1. The van der Waals surface area contributed by atoms with Gasteiger partial charge in [0.25, 0.3) is 11.5 Å². The van der Waals surface area contributed by atoms with Gasteiger partial charge >= 0.3 is 0 Å². The second-order valence-corrected chi connectivity index (χ2v) is 6.59. The maximum Gasteiger partial charge on any atom is 0.289 e. The van der Waals surface area contributed by atoms with Crippen molar-refractivity contribution in [3.8, 4) is 11.3 Å². The maximum absolute atomic E-state index is 14.3. The zero-order valence-corrected chi connectivity index (χ0v) is 15.3. The van der Waals surface area contributed by atoms with Crippen LogP contribution in [0.5, 0.6) is 0 Å². The highest BCUT2D eigenvalue weighted by Crippen LogP contribution is 2.21. The van der Waals surface area contributed by atoms with Crippen molar-refractivity contribution in [2.24, 2.45) is 7.05 Å². The number of hydrogen-bond acceptors (Lipinski definition) is 5. The minimum atomic E-state index is -0.903. The summed E-state index contributed by atoms with van der Waals surface area (Å²) < 4.78 is 16.0. The van der Waals surface area contributed by atoms with Gasteiger partial charge in [-0.05, 0) is 0 Å². The molecule has 0 radical (unpaired) electrons. The van der Waals surface area contributed by atoms with Crippen molar-refractivity contribution in [3.05, 3.63) is 64.7 Å². The number of H-pyrrole nitrogens is 1. The molecule has 1 fully saturated rings. The first kappa shape index (κ1) is 17.9. The monoisotopic (exact) mass is 382 g/mol. The first-order valence-electron chi connectivity index (χ1n) is 8.90. The fraction of sp³-hybridized carbons (Fsp3) is 0.263. The van der Waals surface area contributed by atoms with Crippen molar-refractivity contribution in [2.75, 3.05) is 31.1 Å². The molecule has 8 nitrogen and oxygen atoms in total. The van der Waals surface area contributed by atoms with Crippen LogP contribution in [0.3, 0.4) is 0 Å². The Hall–Kier alpha value is -3.49. The highest BCUT2D eigenvalue weighted by atomic mass is 19.1. The Kier molecular flexibility index (Phi) is 4.64. The second-order valence-electron chi connectivity index (χ2n) is 6.59. The molecule has 1 N–H and O–H groups in total. The summed E-state index contributed by atoms with van der Waals surface area (Å²) in [6.45, 7) is 1.89. The Morgan fingerprint density at radius 2 is 1.86 bits per heavy atom. The molecule has 0 unspecified atom stereocenters. The number of hydrogen-bond donors (Lipinski definition) is 1. The van der Waals surface area contributed by atoms with Gasteiger partial charge in [-0.1, -0.05) is 30.3 Å². The number of benzene rings is 1. The fourth-order valence-corrected chi connectivity index (χ4v) is 3.23. The zero-order chi connectivity index (χ0) is 19.7. The molecule has 1 aliphatic rings. The molecule has 0 spiro atoms. The van der Waals surface area contributed by atoms with Gasteiger partial charge in [-0.3, -0.25) is 14.6 Å². The van der Waals surface area contributed by atoms with Crippen LogP contribution in [0.4, 0.5) is 10.3 Å².